The smallest absolute Gasteiger partial charge is 0.159 e. The summed E-state index contributed by atoms with van der Waals surface area (Å²) in [4.78, 5) is 18.6. The number of aromatic nitrogens is 1. The van der Waals surface area contributed by atoms with Crippen molar-refractivity contribution < 1.29 is 27.6 Å². The highest BCUT2D eigenvalue weighted by atomic mass is 19.1. The van der Waals surface area contributed by atoms with Crippen molar-refractivity contribution in [1.82, 2.24) is 9.88 Å². The number of allylic oxidation sites excluding steroid dienone is 1. The maximum atomic E-state index is 14.4. The summed E-state index contributed by atoms with van der Waals surface area (Å²) >= 11 is 0. The first-order valence-corrected chi connectivity index (χ1v) is 9.74. The summed E-state index contributed by atoms with van der Waals surface area (Å²) in [5.74, 6) is -2.63. The molecule has 0 aliphatic carbocycles. The number of pyridine rings is 1. The van der Waals surface area contributed by atoms with Crippen LogP contribution in [0.15, 0.2) is 48.5 Å². The summed E-state index contributed by atoms with van der Waals surface area (Å²) in [6.45, 7) is -0.251. The van der Waals surface area contributed by atoms with Gasteiger partial charge in [0.15, 0.2) is 5.78 Å². The van der Waals surface area contributed by atoms with E-state index < -0.39 is 95.2 Å². The Morgan fingerprint density at radius 2 is 2.21 bits per heavy atom. The average Bonchev–Trinajstić information content (AvgIpc) is 2.91. The molecule has 6 nitrogen and oxygen atoms in total. The van der Waals surface area contributed by atoms with Crippen molar-refractivity contribution in [3.05, 3.63) is 71.0 Å². The van der Waals surface area contributed by atoms with Crippen molar-refractivity contribution in [3.63, 3.8) is 0 Å². The zero-order valence-corrected chi connectivity index (χ0v) is 18.5. The summed E-state index contributed by atoms with van der Waals surface area (Å²) in [5.41, 5.74) is -2.41. The van der Waals surface area contributed by atoms with E-state index in [0.29, 0.717) is 0 Å². The highest BCUT2D eigenvalue weighted by Crippen LogP contribution is 2.34. The minimum absolute atomic E-state index is 0.0453. The van der Waals surface area contributed by atoms with E-state index in [1.807, 2.05) is 0 Å². The molecule has 1 aromatic heterocycles. The van der Waals surface area contributed by atoms with Gasteiger partial charge in [-0.15, -0.1) is 0 Å². The number of likely N-dealkylation sites (N-methyl/N-ethyl adjacent to an activating group) is 1. The predicted octanol–water partition coefficient (Wildman–Crippen LogP) is 4.93. The molecule has 3 rings (SSSR count). The van der Waals surface area contributed by atoms with Crippen molar-refractivity contribution >= 4 is 28.1 Å². The minimum atomic E-state index is -2.42. The van der Waals surface area contributed by atoms with Crippen LogP contribution in [-0.2, 0) is 11.2 Å². The van der Waals surface area contributed by atoms with Crippen LogP contribution in [-0.4, -0.2) is 42.9 Å². The van der Waals surface area contributed by atoms with Gasteiger partial charge in [0.2, 0.25) is 0 Å². The number of nitriles is 1. The lowest BCUT2D eigenvalue weighted by Crippen LogP contribution is -2.11. The quantitative estimate of drug-likeness (QED) is 0.460. The second-order valence-electron chi connectivity index (χ2n) is 7.13. The number of ketones is 1. The van der Waals surface area contributed by atoms with Crippen LogP contribution >= 0.6 is 0 Å². The Balaban J connectivity index is 2.45. The fourth-order valence-electron chi connectivity index (χ4n) is 2.76. The first-order chi connectivity index (χ1) is 19.8. The third-order valence-electron chi connectivity index (χ3n) is 4.26. The predicted molar refractivity (Wildman–Crippen MR) is 128 cm³/mol. The van der Waals surface area contributed by atoms with Crippen LogP contribution in [0.2, 0.25) is 0 Å². The van der Waals surface area contributed by atoms with E-state index in [2.05, 4.69) is 10.3 Å². The Hall–Kier alpha value is -3.76. The Morgan fingerprint density at radius 1 is 1.42 bits per heavy atom. The van der Waals surface area contributed by atoms with E-state index in [9.17, 15) is 14.4 Å². The van der Waals surface area contributed by atoms with Gasteiger partial charge in [-0.3, -0.25) is 9.78 Å². The number of ether oxygens (including phenoxy) is 1. The highest BCUT2D eigenvalue weighted by Gasteiger charge is 2.16. The summed E-state index contributed by atoms with van der Waals surface area (Å²) in [6.07, 6.45) is -1.48. The molecule has 0 bridgehead atoms. The molecule has 1 N–H and O–H groups in total. The number of halogens is 1. The van der Waals surface area contributed by atoms with E-state index >= 15 is 0 Å². The van der Waals surface area contributed by atoms with E-state index in [0.717, 1.165) is 6.92 Å². The van der Waals surface area contributed by atoms with Gasteiger partial charge in [-0.05, 0) is 63.7 Å². The third kappa shape index (κ3) is 5.93. The van der Waals surface area contributed by atoms with Crippen molar-refractivity contribution in [2.75, 3.05) is 32.5 Å². The third-order valence-corrected chi connectivity index (χ3v) is 4.26. The number of hydrogen-bond acceptors (Lipinski definition) is 6. The van der Waals surface area contributed by atoms with Crippen molar-refractivity contribution in [3.8, 4) is 11.8 Å². The number of benzene rings is 2. The van der Waals surface area contributed by atoms with Crippen LogP contribution in [0.5, 0.6) is 5.75 Å². The highest BCUT2D eigenvalue weighted by molar-refractivity contribution is 5.98. The number of carbonyl (C=O) groups is 1. The SMILES string of the molecule is [2H]/C(CN(C)C)=C(/[2H])C(=O)Cc1c(OC([2H])([2H])C)c([2H])c2nc([2H])c(C#N)c(Nc3c([2H])c([2H])c(F)c(C)c3[2H])c2c1[2H]. The molecule has 0 amide bonds. The molecule has 0 spiro atoms. The molecule has 0 saturated heterocycles. The second kappa shape index (κ2) is 10.7. The van der Waals surface area contributed by atoms with Gasteiger partial charge in [0.25, 0.3) is 0 Å². The van der Waals surface area contributed by atoms with Gasteiger partial charge in [0.05, 0.1) is 37.0 Å². The van der Waals surface area contributed by atoms with E-state index in [1.165, 1.54) is 6.92 Å². The van der Waals surface area contributed by atoms with Crippen LogP contribution < -0.4 is 10.1 Å². The van der Waals surface area contributed by atoms with Crippen molar-refractivity contribution in [1.29, 1.82) is 5.26 Å². The lowest BCUT2D eigenvalue weighted by atomic mass is 10.0. The monoisotopic (exact) mass is 456 g/mol. The van der Waals surface area contributed by atoms with E-state index in [1.54, 1.807) is 25.1 Å². The van der Waals surface area contributed by atoms with Gasteiger partial charge < -0.3 is 15.0 Å². The molecular weight excluding hydrogens is 419 g/mol. The molecule has 0 saturated carbocycles. The molecule has 0 radical (unpaired) electrons. The van der Waals surface area contributed by atoms with Crippen molar-refractivity contribution in [2.45, 2.75) is 20.3 Å². The Labute approximate surface area is 207 Å². The Kier molecular flexibility index (Phi) is 4.45. The molecule has 0 unspecified atom stereocenters. The Morgan fingerprint density at radius 3 is 2.91 bits per heavy atom. The van der Waals surface area contributed by atoms with Crippen LogP contribution in [0.25, 0.3) is 10.9 Å². The van der Waals surface area contributed by atoms with E-state index in [-0.39, 0.29) is 29.1 Å². The lowest BCUT2D eigenvalue weighted by molar-refractivity contribution is -0.114. The van der Waals surface area contributed by atoms with Gasteiger partial charge in [0.1, 0.15) is 17.6 Å². The summed E-state index contributed by atoms with van der Waals surface area (Å²) in [7, 11) is 3.26. The molecule has 0 aliphatic heterocycles. The van der Waals surface area contributed by atoms with E-state index in [4.69, 9.17) is 18.4 Å². The maximum absolute atomic E-state index is 14.4. The topological polar surface area (TPSA) is 78.2 Å². The van der Waals surface area contributed by atoms with Crippen LogP contribution in [0.3, 0.4) is 0 Å². The average molecular weight is 457 g/mol. The number of rotatable bonds is 9. The first-order valence-electron chi connectivity index (χ1n) is 14.7. The summed E-state index contributed by atoms with van der Waals surface area (Å²) in [5, 5.41) is 12.1. The fraction of sp³-hybridized carbons (Fsp3) is 0.269. The van der Waals surface area contributed by atoms with Crippen LogP contribution in [0.1, 0.15) is 37.3 Å². The summed E-state index contributed by atoms with van der Waals surface area (Å²) < 4.78 is 102. The molecule has 7 heteroatoms. The molecule has 0 aliphatic rings. The molecule has 2 aromatic carbocycles. The van der Waals surface area contributed by atoms with Crippen LogP contribution in [0, 0.1) is 24.1 Å². The zero-order valence-electron chi connectivity index (χ0n) is 28.5. The lowest BCUT2D eigenvalue weighted by Gasteiger charge is -2.15. The van der Waals surface area contributed by atoms with Gasteiger partial charge in [-0.25, -0.2) is 4.39 Å². The van der Waals surface area contributed by atoms with Gasteiger partial charge >= 0.3 is 0 Å². The fourth-order valence-corrected chi connectivity index (χ4v) is 2.76. The Bertz CT molecular complexity index is 1700. The number of nitrogens with zero attached hydrogens (tertiary/aromatic N) is 3. The molecule has 1 heterocycles. The molecule has 0 atom stereocenters. The first kappa shape index (κ1) is 13.7. The van der Waals surface area contributed by atoms with Gasteiger partial charge in [-0.2, -0.15) is 5.26 Å². The maximum Gasteiger partial charge on any atom is 0.159 e. The second-order valence-corrected chi connectivity index (χ2v) is 7.13. The van der Waals surface area contributed by atoms with Gasteiger partial charge in [0, 0.05) is 41.8 Å². The van der Waals surface area contributed by atoms with Gasteiger partial charge in [-0.1, -0.05) is 6.05 Å². The summed E-state index contributed by atoms with van der Waals surface area (Å²) in [6, 6.07) is -2.71. The normalized spacial score (nSPS) is 16.5. The largest absolute Gasteiger partial charge is 0.494 e. The molecule has 0 fully saturated rings. The number of hydrogen-bond donors (Lipinski definition) is 1. The number of nitrogens with one attached hydrogen (secondary N) is 1. The number of carbonyl (C=O) groups excluding carboxylic acids is 1. The number of anilines is 2. The minimum Gasteiger partial charge on any atom is -0.494 e. The zero-order chi connectivity index (χ0) is 32.7. The molecule has 33 heavy (non-hydrogen) atoms. The molecule has 3 aromatic rings. The number of fused-ring (bicyclic) bond motifs is 1. The molecule has 170 valence electrons. The molecular formula is C26H27FN4O2. The van der Waals surface area contributed by atoms with Crippen LogP contribution in [0.4, 0.5) is 15.8 Å². The standard InChI is InChI=1S/C26H27FN4O2/c1-5-33-25-14-24-22(13-18(25)12-21(32)7-6-10-31(3)4)26(19(15-28)16-29-24)30-20-8-9-23(27)17(2)11-20/h6-9,11,13-14,16H,5,10,12H2,1-4H3,(H,29,30)/b7-6+/i5D2,6D,7D,8D,9D,11D,13D,14D,16D. The van der Waals surface area contributed by atoms with Crippen molar-refractivity contribution in [2.24, 2.45) is 0 Å².